The molecule has 8 nitrogen and oxygen atoms in total. The summed E-state index contributed by atoms with van der Waals surface area (Å²) in [6, 6.07) is 15.6. The molecule has 8 heteroatoms. The van der Waals surface area contributed by atoms with E-state index in [0.29, 0.717) is 13.1 Å². The van der Waals surface area contributed by atoms with E-state index in [4.69, 9.17) is 0 Å². The molecule has 4 N–H and O–H groups in total. The Morgan fingerprint density at radius 2 is 0.844 bits per heavy atom. The topological polar surface area (TPSA) is 88.7 Å². The lowest BCUT2D eigenvalue weighted by molar-refractivity contribution is 0.242. The summed E-state index contributed by atoms with van der Waals surface area (Å²) in [7, 11) is 0. The Bertz CT molecular complexity index is 960. The lowest BCUT2D eigenvalue weighted by Crippen LogP contribution is -2.37. The first kappa shape index (κ1) is 38.1. The molecule has 4 amide bonds. The van der Waals surface area contributed by atoms with Crippen LogP contribution >= 0.6 is 0 Å². The van der Waals surface area contributed by atoms with Gasteiger partial charge in [0.1, 0.15) is 0 Å². The number of urea groups is 2. The van der Waals surface area contributed by atoms with E-state index in [0.717, 1.165) is 68.2 Å². The van der Waals surface area contributed by atoms with Crippen molar-refractivity contribution in [3.63, 3.8) is 0 Å². The zero-order chi connectivity index (χ0) is 32.5. The Labute approximate surface area is 274 Å². The molecule has 0 aliphatic heterocycles. The molecular weight excluding hydrogens is 560 g/mol. The summed E-state index contributed by atoms with van der Waals surface area (Å²) in [5.41, 5.74) is 3.87. The zero-order valence-electron chi connectivity index (χ0n) is 28.8. The lowest BCUT2D eigenvalue weighted by Gasteiger charge is -2.22. The average Bonchev–Trinajstić information content (AvgIpc) is 3.04. The van der Waals surface area contributed by atoms with Crippen LogP contribution in [0.1, 0.15) is 103 Å². The molecule has 2 rings (SSSR count). The van der Waals surface area contributed by atoms with Gasteiger partial charge in [0.2, 0.25) is 0 Å². The maximum atomic E-state index is 12.4. The van der Waals surface area contributed by atoms with Crippen molar-refractivity contribution in [2.24, 2.45) is 0 Å². The Hall–Kier alpha value is -3.10. The van der Waals surface area contributed by atoms with Crippen molar-refractivity contribution in [2.75, 3.05) is 63.0 Å². The van der Waals surface area contributed by atoms with Crippen molar-refractivity contribution in [1.82, 2.24) is 20.4 Å². The number of nitrogens with one attached hydrogen (secondary N) is 4. The highest BCUT2D eigenvalue weighted by molar-refractivity contribution is 5.89. The van der Waals surface area contributed by atoms with Crippen LogP contribution < -0.4 is 21.3 Å². The molecule has 0 fully saturated rings. The Morgan fingerprint density at radius 1 is 0.489 bits per heavy atom. The van der Waals surface area contributed by atoms with Crippen LogP contribution in [0.4, 0.5) is 21.0 Å². The van der Waals surface area contributed by atoms with Crippen LogP contribution in [0.2, 0.25) is 0 Å². The largest absolute Gasteiger partial charge is 0.337 e. The lowest BCUT2D eigenvalue weighted by atomic mass is 10.0. The SMILES string of the molecule is CCCCCN(CCCC)CCNC(=O)Nc1ccc(Cc2ccc(NC(=O)NCCN(CCCC)CCCCC)cc2)cc1. The van der Waals surface area contributed by atoms with Gasteiger partial charge in [0, 0.05) is 37.6 Å². The summed E-state index contributed by atoms with van der Waals surface area (Å²) >= 11 is 0. The smallest absolute Gasteiger partial charge is 0.319 e. The van der Waals surface area contributed by atoms with Gasteiger partial charge < -0.3 is 31.1 Å². The van der Waals surface area contributed by atoms with Crippen LogP contribution in [0.15, 0.2) is 48.5 Å². The number of anilines is 2. The highest BCUT2D eigenvalue weighted by Gasteiger charge is 2.08. The van der Waals surface area contributed by atoms with Crippen molar-refractivity contribution in [3.8, 4) is 0 Å². The van der Waals surface area contributed by atoms with Gasteiger partial charge in [0.05, 0.1) is 0 Å². The molecule has 252 valence electrons. The molecule has 0 saturated heterocycles. The molecule has 0 unspecified atom stereocenters. The van der Waals surface area contributed by atoms with Crippen LogP contribution in [0.25, 0.3) is 0 Å². The van der Waals surface area contributed by atoms with Gasteiger partial charge in [-0.05, 0) is 93.7 Å². The monoisotopic (exact) mass is 622 g/mol. The highest BCUT2D eigenvalue weighted by Crippen LogP contribution is 2.16. The summed E-state index contributed by atoms with van der Waals surface area (Å²) in [6.07, 6.45) is 12.9. The van der Waals surface area contributed by atoms with Crippen molar-refractivity contribution in [2.45, 2.75) is 98.3 Å². The van der Waals surface area contributed by atoms with Crippen molar-refractivity contribution in [1.29, 1.82) is 0 Å². The first-order valence-corrected chi connectivity index (χ1v) is 17.7. The summed E-state index contributed by atoms with van der Waals surface area (Å²) in [5.74, 6) is 0. The van der Waals surface area contributed by atoms with Crippen LogP contribution in [-0.2, 0) is 6.42 Å². The van der Waals surface area contributed by atoms with E-state index < -0.39 is 0 Å². The first-order valence-electron chi connectivity index (χ1n) is 17.7. The second-order valence-corrected chi connectivity index (χ2v) is 12.1. The number of hydrogen-bond acceptors (Lipinski definition) is 4. The fourth-order valence-electron chi connectivity index (χ4n) is 5.26. The number of rotatable bonds is 24. The molecule has 2 aromatic carbocycles. The van der Waals surface area contributed by atoms with Crippen LogP contribution in [0.5, 0.6) is 0 Å². The number of nitrogens with zero attached hydrogens (tertiary/aromatic N) is 2. The summed E-state index contributed by atoms with van der Waals surface area (Å²) in [5, 5.41) is 11.9. The Balaban J connectivity index is 1.72. The molecule has 0 saturated carbocycles. The van der Waals surface area contributed by atoms with E-state index in [1.807, 2.05) is 48.5 Å². The predicted octanol–water partition coefficient (Wildman–Crippen LogP) is 8.11. The number of benzene rings is 2. The highest BCUT2D eigenvalue weighted by atomic mass is 16.2. The summed E-state index contributed by atoms with van der Waals surface area (Å²) in [6.45, 7) is 16.3. The molecule has 45 heavy (non-hydrogen) atoms. The maximum Gasteiger partial charge on any atom is 0.319 e. The quantitative estimate of drug-likeness (QED) is 0.0891. The van der Waals surface area contributed by atoms with Gasteiger partial charge in [-0.15, -0.1) is 0 Å². The normalized spacial score (nSPS) is 11.2. The number of carbonyl (C=O) groups excluding carboxylic acids is 2. The van der Waals surface area contributed by atoms with Crippen LogP contribution in [0.3, 0.4) is 0 Å². The molecule has 0 heterocycles. The van der Waals surface area contributed by atoms with Gasteiger partial charge >= 0.3 is 12.1 Å². The van der Waals surface area contributed by atoms with Crippen LogP contribution in [-0.4, -0.2) is 74.2 Å². The number of amides is 4. The Morgan fingerprint density at radius 3 is 1.20 bits per heavy atom. The van der Waals surface area contributed by atoms with Gasteiger partial charge in [0.15, 0.2) is 0 Å². The van der Waals surface area contributed by atoms with Gasteiger partial charge in [-0.2, -0.15) is 0 Å². The first-order chi connectivity index (χ1) is 22.0. The second kappa shape index (κ2) is 24.2. The second-order valence-electron chi connectivity index (χ2n) is 12.1. The number of carbonyl (C=O) groups is 2. The average molecular weight is 623 g/mol. The van der Waals surface area contributed by atoms with Gasteiger partial charge in [-0.3, -0.25) is 0 Å². The molecule has 2 aromatic rings. The van der Waals surface area contributed by atoms with Crippen molar-refractivity contribution >= 4 is 23.4 Å². The standard InChI is InChI=1S/C37H62N6O2/c1-5-9-13-27-42(25-11-7-3)29-23-38-36(44)40-34-19-15-32(16-20-34)31-33-17-21-35(22-18-33)41-37(45)39-24-30-43(26-12-8-4)28-14-10-6-2/h15-22H,5-14,23-31H2,1-4H3,(H2,38,40,44)(H2,39,41,45). The van der Waals surface area contributed by atoms with Gasteiger partial charge in [-0.25, -0.2) is 9.59 Å². The molecule has 0 aromatic heterocycles. The molecule has 0 aliphatic carbocycles. The van der Waals surface area contributed by atoms with Crippen LogP contribution in [0, 0.1) is 0 Å². The molecule has 0 radical (unpaired) electrons. The van der Waals surface area contributed by atoms with E-state index in [9.17, 15) is 9.59 Å². The zero-order valence-corrected chi connectivity index (χ0v) is 28.8. The van der Waals surface area contributed by atoms with E-state index in [-0.39, 0.29) is 12.1 Å². The third kappa shape index (κ3) is 17.8. The minimum Gasteiger partial charge on any atom is -0.337 e. The molecule has 0 bridgehead atoms. The van der Waals surface area contributed by atoms with Crippen molar-refractivity contribution in [3.05, 3.63) is 59.7 Å². The minimum absolute atomic E-state index is 0.167. The third-order valence-corrected chi connectivity index (χ3v) is 8.07. The molecular formula is C37H62N6O2. The fourth-order valence-corrected chi connectivity index (χ4v) is 5.26. The number of unbranched alkanes of at least 4 members (excludes halogenated alkanes) is 6. The van der Waals surface area contributed by atoms with E-state index >= 15 is 0 Å². The van der Waals surface area contributed by atoms with E-state index in [1.165, 1.54) is 64.2 Å². The fraction of sp³-hybridized carbons (Fsp3) is 0.622. The molecule has 0 spiro atoms. The summed E-state index contributed by atoms with van der Waals surface area (Å²) < 4.78 is 0. The van der Waals surface area contributed by atoms with Gasteiger partial charge in [-0.1, -0.05) is 90.5 Å². The third-order valence-electron chi connectivity index (χ3n) is 8.07. The van der Waals surface area contributed by atoms with Crippen molar-refractivity contribution < 1.29 is 9.59 Å². The Kier molecular flexibility index (Phi) is 20.5. The number of hydrogen-bond donors (Lipinski definition) is 4. The molecule has 0 atom stereocenters. The predicted molar refractivity (Wildman–Crippen MR) is 191 cm³/mol. The minimum atomic E-state index is -0.167. The van der Waals surface area contributed by atoms with Gasteiger partial charge in [0.25, 0.3) is 0 Å². The maximum absolute atomic E-state index is 12.4. The van der Waals surface area contributed by atoms with E-state index in [2.05, 4.69) is 58.8 Å². The molecule has 0 aliphatic rings. The summed E-state index contributed by atoms with van der Waals surface area (Å²) in [4.78, 5) is 29.8. The van der Waals surface area contributed by atoms with E-state index in [1.54, 1.807) is 0 Å².